The van der Waals surface area contributed by atoms with E-state index in [1.165, 1.54) is 11.0 Å². The number of aliphatic hydroxyl groups excluding tert-OH is 1. The Balaban J connectivity index is 1.59. The summed E-state index contributed by atoms with van der Waals surface area (Å²) in [6.07, 6.45) is 3.72. The van der Waals surface area contributed by atoms with Gasteiger partial charge < -0.3 is 19.6 Å². The normalized spacial score (nSPS) is 30.2. The molecule has 2 aromatic rings. The number of halogens is 1. The van der Waals surface area contributed by atoms with Crippen LogP contribution in [0.25, 0.3) is 10.8 Å². The number of ether oxygens (including phenoxy) is 1. The van der Waals surface area contributed by atoms with Gasteiger partial charge in [0.05, 0.1) is 29.2 Å². The number of thioether (sulfide) groups is 1. The summed E-state index contributed by atoms with van der Waals surface area (Å²) in [4.78, 5) is 44.9. The first kappa shape index (κ1) is 27.0. The van der Waals surface area contributed by atoms with E-state index in [9.17, 15) is 19.5 Å². The van der Waals surface area contributed by atoms with Crippen LogP contribution in [0.3, 0.4) is 0 Å². The van der Waals surface area contributed by atoms with Gasteiger partial charge in [-0.05, 0) is 36.2 Å². The Morgan fingerprint density at radius 1 is 1.26 bits per heavy atom. The van der Waals surface area contributed by atoms with Crippen molar-refractivity contribution in [1.82, 2.24) is 4.90 Å². The molecule has 7 nitrogen and oxygen atoms in total. The monoisotopic (exact) mass is 598 g/mol. The lowest BCUT2D eigenvalue weighted by Gasteiger charge is -2.39. The van der Waals surface area contributed by atoms with Gasteiger partial charge in [0.25, 0.3) is 5.91 Å². The van der Waals surface area contributed by atoms with Crippen LogP contribution in [0.2, 0.25) is 0 Å². The number of rotatable bonds is 9. The minimum absolute atomic E-state index is 0.0573. The van der Waals surface area contributed by atoms with Crippen LogP contribution in [0.15, 0.2) is 67.8 Å². The standard InChI is InChI=1S/C29H31BrN2O5S/c1-4-12-31(20-11-10-18-8-6-7-9-19(18)14-20)27(35)25-29-15-21(30)24(38-29)22(28(36)37-13-5-2)23(29)26(34)32(25)17(3)16-33/h4-11,14,17,21-25,33H,1-2,12-13,15-16H2,3H3/t17-,21?,22-,23+,24-,25?,29?/m1/s1. The van der Waals surface area contributed by atoms with Gasteiger partial charge in [-0.25, -0.2) is 0 Å². The van der Waals surface area contributed by atoms with Crippen molar-refractivity contribution in [2.24, 2.45) is 11.8 Å². The summed E-state index contributed by atoms with van der Waals surface area (Å²) < 4.78 is 4.59. The number of amides is 2. The molecule has 1 spiro atoms. The van der Waals surface area contributed by atoms with Gasteiger partial charge in [-0.2, -0.15) is 0 Å². The van der Waals surface area contributed by atoms with Gasteiger partial charge in [0.1, 0.15) is 12.6 Å². The summed E-state index contributed by atoms with van der Waals surface area (Å²) in [5, 5.41) is 12.0. The van der Waals surface area contributed by atoms with Gasteiger partial charge in [0, 0.05) is 22.3 Å². The maximum absolute atomic E-state index is 14.6. The lowest BCUT2D eigenvalue weighted by Crippen LogP contribution is -2.57. The van der Waals surface area contributed by atoms with Gasteiger partial charge in [0.15, 0.2) is 0 Å². The Hall–Kier alpha value is -2.62. The van der Waals surface area contributed by atoms with Crippen molar-refractivity contribution in [3.63, 3.8) is 0 Å². The van der Waals surface area contributed by atoms with Crippen LogP contribution in [-0.2, 0) is 19.1 Å². The van der Waals surface area contributed by atoms with E-state index in [-0.39, 0.29) is 41.6 Å². The molecule has 3 aliphatic heterocycles. The highest BCUT2D eigenvalue weighted by molar-refractivity contribution is 9.09. The minimum Gasteiger partial charge on any atom is -0.461 e. The second kappa shape index (κ2) is 10.5. The second-order valence-corrected chi connectivity index (χ2v) is 12.8. The van der Waals surface area contributed by atoms with Crippen LogP contribution in [0, 0.1) is 11.8 Å². The fourth-order valence-electron chi connectivity index (χ4n) is 6.36. The zero-order valence-corrected chi connectivity index (χ0v) is 23.6. The Labute approximate surface area is 235 Å². The van der Waals surface area contributed by atoms with Crippen LogP contribution < -0.4 is 4.90 Å². The molecule has 7 atom stereocenters. The molecule has 1 N–H and O–H groups in total. The third-order valence-electron chi connectivity index (χ3n) is 7.94. The highest BCUT2D eigenvalue weighted by Gasteiger charge is 2.76. The van der Waals surface area contributed by atoms with Crippen LogP contribution in [0.4, 0.5) is 5.69 Å². The van der Waals surface area contributed by atoms with Gasteiger partial charge in [-0.15, -0.1) is 18.3 Å². The van der Waals surface area contributed by atoms with Gasteiger partial charge in [0.2, 0.25) is 5.91 Å². The number of fused-ring (bicyclic) bond motifs is 2. The number of likely N-dealkylation sites (tertiary alicyclic amines) is 1. The summed E-state index contributed by atoms with van der Waals surface area (Å²) in [7, 11) is 0. The number of aliphatic hydroxyl groups is 1. The summed E-state index contributed by atoms with van der Waals surface area (Å²) in [6, 6.07) is 12.3. The van der Waals surface area contributed by atoms with E-state index in [4.69, 9.17) is 4.74 Å². The molecule has 2 aromatic carbocycles. The van der Waals surface area contributed by atoms with Crippen LogP contribution in [-0.4, -0.2) is 74.5 Å². The highest BCUT2D eigenvalue weighted by Crippen LogP contribution is 2.68. The third-order valence-corrected chi connectivity index (χ3v) is 11.2. The van der Waals surface area contributed by atoms with Crippen LogP contribution >= 0.6 is 27.7 Å². The molecule has 2 bridgehead atoms. The van der Waals surface area contributed by atoms with Crippen molar-refractivity contribution >= 4 is 61.9 Å². The summed E-state index contributed by atoms with van der Waals surface area (Å²) >= 11 is 5.29. The van der Waals surface area contributed by atoms with Gasteiger partial charge in [-0.1, -0.05) is 65.0 Å². The molecule has 0 aromatic heterocycles. The Morgan fingerprint density at radius 2 is 2.00 bits per heavy atom. The molecule has 38 heavy (non-hydrogen) atoms. The van der Waals surface area contributed by atoms with E-state index in [0.717, 1.165) is 10.8 Å². The number of hydrogen-bond donors (Lipinski definition) is 1. The molecule has 2 amide bonds. The predicted octanol–water partition coefficient (Wildman–Crippen LogP) is 3.93. The summed E-state index contributed by atoms with van der Waals surface area (Å²) in [6.45, 7) is 9.23. The van der Waals surface area contributed by atoms with Crippen molar-refractivity contribution in [2.45, 2.75) is 40.3 Å². The number of hydrogen-bond acceptors (Lipinski definition) is 6. The first-order valence-corrected chi connectivity index (χ1v) is 14.5. The predicted molar refractivity (Wildman–Crippen MR) is 153 cm³/mol. The molecular formula is C29H31BrN2O5S. The van der Waals surface area contributed by atoms with Crippen molar-refractivity contribution in [3.8, 4) is 0 Å². The number of nitrogens with zero attached hydrogens (tertiary/aromatic N) is 2. The summed E-state index contributed by atoms with van der Waals surface area (Å²) in [5.74, 6) is -2.38. The summed E-state index contributed by atoms with van der Waals surface area (Å²) in [5.41, 5.74) is 0.701. The first-order valence-electron chi connectivity index (χ1n) is 12.7. The molecular weight excluding hydrogens is 568 g/mol. The molecule has 3 aliphatic rings. The van der Waals surface area contributed by atoms with E-state index in [1.54, 1.807) is 29.7 Å². The SMILES string of the molecule is C=CCOC(=O)[C@H]1[C@@H]2SC3(CC2Br)C(C(=O)N(CC=C)c2ccc4ccccc4c2)N([C@H](C)CO)C(=O)[C@H]13. The van der Waals surface area contributed by atoms with E-state index < -0.39 is 34.6 Å². The zero-order valence-electron chi connectivity index (χ0n) is 21.2. The Bertz CT molecular complexity index is 1300. The second-order valence-electron chi connectivity index (χ2n) is 10.1. The van der Waals surface area contributed by atoms with Crippen molar-refractivity contribution in [3.05, 3.63) is 67.8 Å². The molecule has 3 heterocycles. The number of benzene rings is 2. The van der Waals surface area contributed by atoms with Crippen molar-refractivity contribution in [1.29, 1.82) is 0 Å². The van der Waals surface area contributed by atoms with E-state index in [1.807, 2.05) is 42.5 Å². The zero-order chi connectivity index (χ0) is 27.2. The van der Waals surface area contributed by atoms with Gasteiger partial charge in [-0.3, -0.25) is 14.4 Å². The molecule has 200 valence electrons. The lowest BCUT2D eigenvalue weighted by molar-refractivity contribution is -0.153. The van der Waals surface area contributed by atoms with E-state index in [2.05, 4.69) is 29.1 Å². The maximum atomic E-state index is 14.6. The molecule has 0 radical (unpaired) electrons. The van der Waals surface area contributed by atoms with Gasteiger partial charge >= 0.3 is 5.97 Å². The molecule has 5 rings (SSSR count). The molecule has 3 fully saturated rings. The molecule has 0 saturated carbocycles. The van der Waals surface area contributed by atoms with Crippen LogP contribution in [0.5, 0.6) is 0 Å². The van der Waals surface area contributed by atoms with Crippen molar-refractivity contribution in [2.75, 3.05) is 24.7 Å². The topological polar surface area (TPSA) is 87.2 Å². The smallest absolute Gasteiger partial charge is 0.311 e. The Morgan fingerprint density at radius 3 is 2.68 bits per heavy atom. The fraction of sp³-hybridized carbons (Fsp3) is 0.414. The highest BCUT2D eigenvalue weighted by atomic mass is 79.9. The molecule has 0 aliphatic carbocycles. The van der Waals surface area contributed by atoms with Crippen molar-refractivity contribution < 1.29 is 24.2 Å². The quantitative estimate of drug-likeness (QED) is 0.267. The van der Waals surface area contributed by atoms with E-state index >= 15 is 0 Å². The van der Waals surface area contributed by atoms with E-state index in [0.29, 0.717) is 12.1 Å². The maximum Gasteiger partial charge on any atom is 0.311 e. The first-order chi connectivity index (χ1) is 18.3. The average molecular weight is 600 g/mol. The fourth-order valence-corrected chi connectivity index (χ4v) is 9.94. The number of esters is 1. The largest absolute Gasteiger partial charge is 0.461 e. The third kappa shape index (κ3) is 4.10. The number of carbonyl (C=O) groups is 3. The Kier molecular flexibility index (Phi) is 7.46. The number of carbonyl (C=O) groups excluding carboxylic acids is 3. The average Bonchev–Trinajstić information content (AvgIpc) is 3.52. The number of anilines is 1. The minimum atomic E-state index is -0.860. The van der Waals surface area contributed by atoms with Crippen LogP contribution in [0.1, 0.15) is 13.3 Å². The molecule has 3 unspecified atom stereocenters. The molecule has 9 heteroatoms. The number of alkyl halides is 1. The molecule has 3 saturated heterocycles. The lowest BCUT2D eigenvalue weighted by atomic mass is 9.71.